The molecule has 0 aliphatic heterocycles. The molecule has 1 atom stereocenters. The van der Waals surface area contributed by atoms with Crippen LogP contribution in [0.15, 0.2) is 54.6 Å². The Morgan fingerprint density at radius 2 is 1.71 bits per heavy atom. The minimum Gasteiger partial charge on any atom is -0.399 e. The van der Waals surface area contributed by atoms with E-state index in [1.54, 1.807) is 0 Å². The van der Waals surface area contributed by atoms with E-state index >= 15 is 0 Å². The van der Waals surface area contributed by atoms with Crippen LogP contribution in [0.1, 0.15) is 43.2 Å². The van der Waals surface area contributed by atoms with Gasteiger partial charge in [-0.25, -0.2) is 5.48 Å². The second-order valence-electron chi connectivity index (χ2n) is 6.73. The van der Waals surface area contributed by atoms with Crippen molar-refractivity contribution in [2.75, 3.05) is 5.73 Å². The topological polar surface area (TPSA) is 102 Å². The van der Waals surface area contributed by atoms with Crippen molar-refractivity contribution in [3.8, 4) is 0 Å². The number of benzene rings is 2. The van der Waals surface area contributed by atoms with Crippen LogP contribution in [0, 0.1) is 0 Å². The molecule has 2 aromatic rings. The highest BCUT2D eigenvalue weighted by Crippen LogP contribution is 2.29. The summed E-state index contributed by atoms with van der Waals surface area (Å²) < 4.78 is 42.7. The van der Waals surface area contributed by atoms with Gasteiger partial charge in [0.2, 0.25) is 5.91 Å². The first kappa shape index (κ1) is 26.1. The van der Waals surface area contributed by atoms with Gasteiger partial charge in [0, 0.05) is 12.1 Å². The third-order valence-corrected chi connectivity index (χ3v) is 4.21. The minimum absolute atomic E-state index is 0.0501. The summed E-state index contributed by atoms with van der Waals surface area (Å²) in [6.45, 7) is 0.0501. The van der Waals surface area contributed by atoms with Crippen molar-refractivity contribution in [2.24, 2.45) is 0 Å². The lowest BCUT2D eigenvalue weighted by Crippen LogP contribution is -2.18. The molecule has 0 saturated heterocycles. The molecule has 0 radical (unpaired) electrons. The predicted octanol–water partition coefficient (Wildman–Crippen LogP) is 4.51. The van der Waals surface area contributed by atoms with Crippen molar-refractivity contribution < 1.29 is 32.7 Å². The molecule has 6 nitrogen and oxygen atoms in total. The third kappa shape index (κ3) is 11.8. The van der Waals surface area contributed by atoms with Gasteiger partial charge in [-0.3, -0.25) is 10.0 Å². The SMILES string of the molecule is Nc1ccccc1.O=CC(CCCCCC(=O)NO)OCc1ccc(C(F)(F)F)cc1. The van der Waals surface area contributed by atoms with Gasteiger partial charge in [0.1, 0.15) is 12.4 Å². The summed E-state index contributed by atoms with van der Waals surface area (Å²) in [5.41, 5.74) is 7.54. The van der Waals surface area contributed by atoms with Crippen LogP contribution in [-0.4, -0.2) is 23.5 Å². The molecule has 0 heterocycles. The van der Waals surface area contributed by atoms with Gasteiger partial charge >= 0.3 is 6.18 Å². The van der Waals surface area contributed by atoms with E-state index in [-0.39, 0.29) is 13.0 Å². The molecule has 0 fully saturated rings. The van der Waals surface area contributed by atoms with Crippen LogP contribution in [0.3, 0.4) is 0 Å². The molecule has 0 aliphatic rings. The first-order valence-electron chi connectivity index (χ1n) is 9.72. The van der Waals surface area contributed by atoms with E-state index in [1.807, 2.05) is 30.3 Å². The lowest BCUT2D eigenvalue weighted by atomic mass is 10.1. The highest BCUT2D eigenvalue weighted by Gasteiger charge is 2.29. The standard InChI is InChI=1S/C16H20F3NO4.C6H7N/c17-16(18,19)13-8-6-12(7-9-13)11-24-14(10-21)4-2-1-3-5-15(22)20-23;7-6-4-2-1-3-5-6/h6-10,14,23H,1-5,11H2,(H,20,22);1-5H,7H2. The van der Waals surface area contributed by atoms with Gasteiger partial charge in [0.15, 0.2) is 0 Å². The second-order valence-corrected chi connectivity index (χ2v) is 6.73. The molecule has 170 valence electrons. The summed E-state index contributed by atoms with van der Waals surface area (Å²) in [5, 5.41) is 8.33. The molecule has 0 bridgehead atoms. The third-order valence-electron chi connectivity index (χ3n) is 4.21. The Balaban J connectivity index is 0.000000577. The zero-order chi connectivity index (χ0) is 23.1. The highest BCUT2D eigenvalue weighted by molar-refractivity contribution is 5.74. The molecule has 4 N–H and O–H groups in total. The fourth-order valence-electron chi connectivity index (χ4n) is 2.50. The number of ether oxygens (including phenoxy) is 1. The number of amides is 1. The number of hydrogen-bond donors (Lipinski definition) is 3. The first-order chi connectivity index (χ1) is 14.8. The summed E-state index contributed by atoms with van der Waals surface area (Å²) in [6, 6.07) is 14.1. The van der Waals surface area contributed by atoms with E-state index in [0.29, 0.717) is 37.5 Å². The Morgan fingerprint density at radius 3 is 2.19 bits per heavy atom. The highest BCUT2D eigenvalue weighted by atomic mass is 19.4. The first-order valence-corrected chi connectivity index (χ1v) is 9.72. The molecule has 2 rings (SSSR count). The Labute approximate surface area is 179 Å². The van der Waals surface area contributed by atoms with Crippen LogP contribution in [0.25, 0.3) is 0 Å². The number of alkyl halides is 3. The fourth-order valence-corrected chi connectivity index (χ4v) is 2.50. The molecule has 0 aromatic heterocycles. The minimum atomic E-state index is -4.38. The van der Waals surface area contributed by atoms with Gasteiger partial charge in [0.05, 0.1) is 12.2 Å². The molecule has 1 unspecified atom stereocenters. The van der Waals surface area contributed by atoms with E-state index in [1.165, 1.54) is 17.6 Å². The molecule has 0 spiro atoms. The number of unbranched alkanes of at least 4 members (excludes halogenated alkanes) is 2. The van der Waals surface area contributed by atoms with Gasteiger partial charge in [0.25, 0.3) is 0 Å². The molecule has 2 aromatic carbocycles. The second kappa shape index (κ2) is 14.2. The Hall–Kier alpha value is -2.91. The summed E-state index contributed by atoms with van der Waals surface area (Å²) in [6.07, 6.45) is -1.76. The zero-order valence-corrected chi connectivity index (χ0v) is 17.0. The summed E-state index contributed by atoms with van der Waals surface area (Å²) in [7, 11) is 0. The summed E-state index contributed by atoms with van der Waals surface area (Å²) >= 11 is 0. The number of para-hydroxylation sites is 1. The Bertz CT molecular complexity index is 769. The number of hydroxylamine groups is 1. The van der Waals surface area contributed by atoms with Crippen LogP contribution in [0.2, 0.25) is 0 Å². The normalized spacial score (nSPS) is 11.7. The number of aldehydes is 1. The monoisotopic (exact) mass is 440 g/mol. The predicted molar refractivity (Wildman–Crippen MR) is 110 cm³/mol. The average Bonchev–Trinajstić information content (AvgIpc) is 2.76. The molecular formula is C22H27F3N2O4. The number of carbonyl (C=O) groups excluding carboxylic acids is 2. The molecule has 31 heavy (non-hydrogen) atoms. The van der Waals surface area contributed by atoms with Gasteiger partial charge < -0.3 is 15.3 Å². The van der Waals surface area contributed by atoms with Gasteiger partial charge in [-0.1, -0.05) is 43.2 Å². The van der Waals surface area contributed by atoms with Crippen LogP contribution in [0.4, 0.5) is 18.9 Å². The van der Waals surface area contributed by atoms with Crippen molar-refractivity contribution in [3.05, 3.63) is 65.7 Å². The number of nitrogens with one attached hydrogen (secondary N) is 1. The maximum atomic E-state index is 12.4. The molecule has 9 heteroatoms. The lowest BCUT2D eigenvalue weighted by molar-refractivity contribution is -0.137. The van der Waals surface area contributed by atoms with Crippen molar-refractivity contribution in [2.45, 2.75) is 51.0 Å². The van der Waals surface area contributed by atoms with Crippen LogP contribution < -0.4 is 11.2 Å². The number of hydrogen-bond acceptors (Lipinski definition) is 5. The number of anilines is 1. The van der Waals surface area contributed by atoms with Gasteiger partial charge in [-0.15, -0.1) is 0 Å². The molecule has 1 amide bonds. The van der Waals surface area contributed by atoms with Crippen molar-refractivity contribution in [3.63, 3.8) is 0 Å². The van der Waals surface area contributed by atoms with Crippen molar-refractivity contribution >= 4 is 17.9 Å². The smallest absolute Gasteiger partial charge is 0.399 e. The van der Waals surface area contributed by atoms with Crippen LogP contribution in [0.5, 0.6) is 0 Å². The van der Waals surface area contributed by atoms with Gasteiger partial charge in [-0.2, -0.15) is 13.2 Å². The van der Waals surface area contributed by atoms with Crippen LogP contribution in [-0.2, 0) is 27.1 Å². The number of nitrogens with two attached hydrogens (primary N) is 1. The number of carbonyl (C=O) groups is 2. The maximum absolute atomic E-state index is 12.4. The van der Waals surface area contributed by atoms with Crippen molar-refractivity contribution in [1.82, 2.24) is 5.48 Å². The summed E-state index contributed by atoms with van der Waals surface area (Å²) in [4.78, 5) is 21.8. The van der Waals surface area contributed by atoms with E-state index in [4.69, 9.17) is 15.7 Å². The van der Waals surface area contributed by atoms with Gasteiger partial charge in [-0.05, 0) is 42.7 Å². The van der Waals surface area contributed by atoms with E-state index in [0.717, 1.165) is 17.8 Å². The quantitative estimate of drug-likeness (QED) is 0.166. The Kier molecular flexibility index (Phi) is 11.9. The van der Waals surface area contributed by atoms with Crippen LogP contribution >= 0.6 is 0 Å². The Morgan fingerprint density at radius 1 is 1.06 bits per heavy atom. The zero-order valence-electron chi connectivity index (χ0n) is 17.0. The van der Waals surface area contributed by atoms with E-state index in [2.05, 4.69) is 0 Å². The largest absolute Gasteiger partial charge is 0.416 e. The fraction of sp³-hybridized carbons (Fsp3) is 0.364. The average molecular weight is 440 g/mol. The number of rotatable bonds is 10. The number of halogens is 3. The summed E-state index contributed by atoms with van der Waals surface area (Å²) in [5.74, 6) is -0.458. The van der Waals surface area contributed by atoms with E-state index in [9.17, 15) is 22.8 Å². The maximum Gasteiger partial charge on any atom is 0.416 e. The molecular weight excluding hydrogens is 413 g/mol. The molecule has 0 aliphatic carbocycles. The lowest BCUT2D eigenvalue weighted by Gasteiger charge is -2.12. The number of nitrogen functional groups attached to an aromatic ring is 1. The molecule has 0 saturated carbocycles. The van der Waals surface area contributed by atoms with E-state index < -0.39 is 23.8 Å². The van der Waals surface area contributed by atoms with Crippen molar-refractivity contribution in [1.29, 1.82) is 0 Å².